The number of ether oxygens (including phenoxy) is 1. The van der Waals surface area contributed by atoms with Gasteiger partial charge in [0.15, 0.2) is 5.82 Å². The van der Waals surface area contributed by atoms with E-state index in [1.807, 2.05) is 0 Å². The lowest BCUT2D eigenvalue weighted by Crippen LogP contribution is -2.34. The van der Waals surface area contributed by atoms with Crippen LogP contribution < -0.4 is 4.90 Å². The molecular formula is C21H20N4O3S. The van der Waals surface area contributed by atoms with E-state index in [0.29, 0.717) is 11.5 Å². The number of aromatic nitrogens is 3. The number of fused-ring (bicyclic) bond motifs is 1. The number of hydrogen-bond donors (Lipinski definition) is 1. The highest BCUT2D eigenvalue weighted by atomic mass is 32.1. The maximum absolute atomic E-state index is 12.1. The number of phenolic OH excluding ortho intramolecular Hbond substituents is 1. The standard InChI is InChI=1S/C21H20N4O3S/c1-21(2,3)28-20(27)25(4)18-13-22-14(12-23-18)7-5-6-8-19-24-16-10-9-15(26)11-17(16)29-19/h6,8-13,26H,1-4H3/b8-6+. The molecule has 0 unspecified atom stereocenters. The maximum atomic E-state index is 12.1. The summed E-state index contributed by atoms with van der Waals surface area (Å²) < 4.78 is 6.21. The Morgan fingerprint density at radius 3 is 2.76 bits per heavy atom. The van der Waals surface area contributed by atoms with Gasteiger partial charge in [0.2, 0.25) is 0 Å². The van der Waals surface area contributed by atoms with Crippen LogP contribution in [0.15, 0.2) is 36.7 Å². The number of nitrogens with zero attached hydrogens (tertiary/aromatic N) is 4. The van der Waals surface area contributed by atoms with Gasteiger partial charge in [-0.05, 0) is 57.0 Å². The number of aromatic hydroxyl groups is 1. The number of hydrogen-bond acceptors (Lipinski definition) is 7. The van der Waals surface area contributed by atoms with Crippen LogP contribution in [0.2, 0.25) is 0 Å². The molecule has 2 heterocycles. The molecule has 0 spiro atoms. The summed E-state index contributed by atoms with van der Waals surface area (Å²) in [5.74, 6) is 6.36. The van der Waals surface area contributed by atoms with Crippen molar-refractivity contribution >= 4 is 39.5 Å². The Balaban J connectivity index is 1.64. The number of anilines is 1. The van der Waals surface area contributed by atoms with Crippen LogP contribution in [0, 0.1) is 11.8 Å². The van der Waals surface area contributed by atoms with Crippen molar-refractivity contribution in [2.24, 2.45) is 0 Å². The van der Waals surface area contributed by atoms with Crippen LogP contribution in [0.5, 0.6) is 5.75 Å². The summed E-state index contributed by atoms with van der Waals surface area (Å²) in [5, 5.41) is 10.3. The zero-order valence-electron chi connectivity index (χ0n) is 16.5. The molecule has 0 fully saturated rings. The minimum atomic E-state index is -0.583. The van der Waals surface area contributed by atoms with Crippen molar-refractivity contribution in [3.05, 3.63) is 47.4 Å². The average Bonchev–Trinajstić information content (AvgIpc) is 3.05. The van der Waals surface area contributed by atoms with Crippen LogP contribution >= 0.6 is 11.3 Å². The second kappa shape index (κ2) is 8.29. The summed E-state index contributed by atoms with van der Waals surface area (Å²) in [7, 11) is 1.57. The fraction of sp³-hybridized carbons (Fsp3) is 0.238. The van der Waals surface area contributed by atoms with Crippen molar-refractivity contribution in [2.75, 3.05) is 11.9 Å². The number of benzene rings is 1. The summed E-state index contributed by atoms with van der Waals surface area (Å²) in [6.07, 6.45) is 5.94. The van der Waals surface area contributed by atoms with Crippen LogP contribution in [0.1, 0.15) is 31.5 Å². The van der Waals surface area contributed by atoms with Crippen molar-refractivity contribution in [3.63, 3.8) is 0 Å². The highest BCUT2D eigenvalue weighted by Gasteiger charge is 2.21. The van der Waals surface area contributed by atoms with Gasteiger partial charge in [-0.2, -0.15) is 0 Å². The zero-order chi connectivity index (χ0) is 21.0. The van der Waals surface area contributed by atoms with Gasteiger partial charge in [-0.3, -0.25) is 4.90 Å². The first-order valence-corrected chi connectivity index (χ1v) is 9.59. The number of amides is 1. The smallest absolute Gasteiger partial charge is 0.415 e. The lowest BCUT2D eigenvalue weighted by Gasteiger charge is -2.23. The third kappa shape index (κ3) is 5.53. The fourth-order valence-corrected chi connectivity index (χ4v) is 3.12. The molecule has 3 rings (SSSR count). The molecule has 0 aliphatic carbocycles. The Bertz CT molecular complexity index is 1120. The molecule has 1 amide bonds. The van der Waals surface area contributed by atoms with E-state index in [2.05, 4.69) is 26.8 Å². The number of phenols is 1. The Kier molecular flexibility index (Phi) is 5.80. The second-order valence-corrected chi connectivity index (χ2v) is 8.17. The average molecular weight is 408 g/mol. The van der Waals surface area contributed by atoms with E-state index in [9.17, 15) is 9.90 Å². The molecule has 3 aromatic rings. The van der Waals surface area contributed by atoms with Crippen LogP contribution in [0.3, 0.4) is 0 Å². The summed E-state index contributed by atoms with van der Waals surface area (Å²) >= 11 is 1.47. The highest BCUT2D eigenvalue weighted by Crippen LogP contribution is 2.26. The van der Waals surface area contributed by atoms with E-state index in [1.54, 1.807) is 58.2 Å². The molecule has 0 saturated heterocycles. The maximum Gasteiger partial charge on any atom is 0.415 e. The molecule has 1 N–H and O–H groups in total. The summed E-state index contributed by atoms with van der Waals surface area (Å²) in [4.78, 5) is 26.2. The monoisotopic (exact) mass is 408 g/mol. The van der Waals surface area contributed by atoms with E-state index in [1.165, 1.54) is 28.6 Å². The van der Waals surface area contributed by atoms with Gasteiger partial charge >= 0.3 is 6.09 Å². The van der Waals surface area contributed by atoms with Gasteiger partial charge in [0.1, 0.15) is 22.1 Å². The molecule has 0 aliphatic heterocycles. The van der Waals surface area contributed by atoms with Crippen molar-refractivity contribution in [1.82, 2.24) is 15.0 Å². The third-order valence-corrected chi connectivity index (χ3v) is 4.53. The first kappa shape index (κ1) is 20.3. The molecule has 7 nitrogen and oxygen atoms in total. The third-order valence-electron chi connectivity index (χ3n) is 3.55. The Hall–Kier alpha value is -3.44. The molecular weight excluding hydrogens is 388 g/mol. The van der Waals surface area contributed by atoms with Gasteiger partial charge in [0, 0.05) is 7.05 Å². The summed E-state index contributed by atoms with van der Waals surface area (Å²) in [6, 6.07) is 5.06. The number of carbonyl (C=O) groups is 1. The van der Waals surface area contributed by atoms with Crippen LogP contribution in [-0.2, 0) is 4.74 Å². The second-order valence-electron chi connectivity index (χ2n) is 7.11. The van der Waals surface area contributed by atoms with Crippen LogP contribution in [-0.4, -0.2) is 38.8 Å². The number of allylic oxidation sites excluding steroid dienone is 1. The van der Waals surface area contributed by atoms with Crippen molar-refractivity contribution in [3.8, 4) is 17.6 Å². The molecule has 0 atom stereocenters. The SMILES string of the molecule is CN(C(=O)OC(C)(C)C)c1cnc(C#C/C=C/c2nc3ccc(O)cc3s2)cn1. The molecule has 8 heteroatoms. The highest BCUT2D eigenvalue weighted by molar-refractivity contribution is 7.19. The van der Waals surface area contributed by atoms with Gasteiger partial charge < -0.3 is 9.84 Å². The normalized spacial score (nSPS) is 11.3. The zero-order valence-corrected chi connectivity index (χ0v) is 17.3. The quantitative estimate of drug-likeness (QED) is 0.639. The minimum Gasteiger partial charge on any atom is -0.508 e. The van der Waals surface area contributed by atoms with Gasteiger partial charge in [0.25, 0.3) is 0 Å². The molecule has 29 heavy (non-hydrogen) atoms. The molecule has 0 aliphatic rings. The topological polar surface area (TPSA) is 88.4 Å². The van der Waals surface area contributed by atoms with Crippen molar-refractivity contribution < 1.29 is 14.6 Å². The molecule has 0 bridgehead atoms. The van der Waals surface area contributed by atoms with Crippen molar-refractivity contribution in [2.45, 2.75) is 26.4 Å². The van der Waals surface area contributed by atoms with E-state index < -0.39 is 11.7 Å². The van der Waals surface area contributed by atoms with Crippen LogP contribution in [0.25, 0.3) is 16.3 Å². The van der Waals surface area contributed by atoms with Crippen molar-refractivity contribution in [1.29, 1.82) is 0 Å². The Labute approximate surface area is 172 Å². The fourth-order valence-electron chi connectivity index (χ4n) is 2.21. The Morgan fingerprint density at radius 2 is 2.07 bits per heavy atom. The van der Waals surface area contributed by atoms with Gasteiger partial charge in [0.05, 0.1) is 22.6 Å². The lowest BCUT2D eigenvalue weighted by atomic mass is 10.2. The molecule has 148 valence electrons. The summed E-state index contributed by atoms with van der Waals surface area (Å²) in [6.45, 7) is 5.40. The van der Waals surface area contributed by atoms with E-state index >= 15 is 0 Å². The van der Waals surface area contributed by atoms with Gasteiger partial charge in [-0.15, -0.1) is 11.3 Å². The number of carbonyl (C=O) groups excluding carboxylic acids is 1. The van der Waals surface area contributed by atoms with E-state index in [0.717, 1.165) is 15.2 Å². The van der Waals surface area contributed by atoms with E-state index in [-0.39, 0.29) is 5.75 Å². The molecule has 0 radical (unpaired) electrons. The number of rotatable bonds is 2. The van der Waals surface area contributed by atoms with Crippen LogP contribution in [0.4, 0.5) is 10.6 Å². The Morgan fingerprint density at radius 1 is 1.28 bits per heavy atom. The minimum absolute atomic E-state index is 0.218. The summed E-state index contributed by atoms with van der Waals surface area (Å²) in [5.41, 5.74) is 0.723. The predicted molar refractivity (Wildman–Crippen MR) is 114 cm³/mol. The molecule has 1 aromatic carbocycles. The largest absolute Gasteiger partial charge is 0.508 e. The van der Waals surface area contributed by atoms with Gasteiger partial charge in [-0.25, -0.2) is 19.7 Å². The first-order valence-electron chi connectivity index (χ1n) is 8.78. The molecule has 0 saturated carbocycles. The molecule has 2 aromatic heterocycles. The lowest BCUT2D eigenvalue weighted by molar-refractivity contribution is 0.0588. The van der Waals surface area contributed by atoms with E-state index in [4.69, 9.17) is 4.74 Å². The first-order chi connectivity index (χ1) is 13.7. The number of thiazole rings is 1. The predicted octanol–water partition coefficient (Wildman–Crippen LogP) is 4.23. The van der Waals surface area contributed by atoms with Gasteiger partial charge in [-0.1, -0.05) is 5.92 Å².